The molecule has 98 valence electrons. The van der Waals surface area contributed by atoms with Crippen LogP contribution in [0.25, 0.3) is 6.08 Å². The van der Waals surface area contributed by atoms with Crippen molar-refractivity contribution in [1.82, 2.24) is 0 Å². The van der Waals surface area contributed by atoms with Crippen LogP contribution in [0.5, 0.6) is 0 Å². The Morgan fingerprint density at radius 1 is 1.33 bits per heavy atom. The van der Waals surface area contributed by atoms with E-state index < -0.39 is 10.8 Å². The highest BCUT2D eigenvalue weighted by Crippen LogP contribution is 2.26. The molecule has 1 saturated carbocycles. The minimum Gasteiger partial charge on any atom is -0.327 e. The predicted octanol–water partition coefficient (Wildman–Crippen LogP) is 2.96. The summed E-state index contributed by atoms with van der Waals surface area (Å²) in [6.45, 7) is 0.537. The number of benzene rings is 1. The maximum atomic E-state index is 12.3. The van der Waals surface area contributed by atoms with E-state index in [1.165, 1.54) is 25.7 Å². The molecule has 0 amide bonds. The summed E-state index contributed by atoms with van der Waals surface area (Å²) >= 11 is 0. The van der Waals surface area contributed by atoms with Crippen molar-refractivity contribution in [2.45, 2.75) is 30.6 Å². The summed E-state index contributed by atoms with van der Waals surface area (Å²) in [6.07, 6.45) is 9.01. The van der Waals surface area contributed by atoms with E-state index >= 15 is 0 Å². The van der Waals surface area contributed by atoms with Gasteiger partial charge in [-0.1, -0.05) is 37.1 Å². The van der Waals surface area contributed by atoms with Crippen molar-refractivity contribution in [3.63, 3.8) is 0 Å². The molecule has 1 aromatic rings. The first-order valence-electron chi connectivity index (χ1n) is 6.64. The van der Waals surface area contributed by atoms with Crippen LogP contribution in [-0.2, 0) is 10.8 Å². The van der Waals surface area contributed by atoms with Crippen molar-refractivity contribution in [2.24, 2.45) is 11.7 Å². The van der Waals surface area contributed by atoms with Gasteiger partial charge >= 0.3 is 0 Å². The topological polar surface area (TPSA) is 43.1 Å². The molecule has 0 bridgehead atoms. The largest absolute Gasteiger partial charge is 0.327 e. The average molecular weight is 263 g/mol. The lowest BCUT2D eigenvalue weighted by atomic mass is 10.1. The van der Waals surface area contributed by atoms with Crippen LogP contribution in [0, 0.1) is 5.92 Å². The van der Waals surface area contributed by atoms with Gasteiger partial charge in [-0.15, -0.1) is 0 Å². The summed E-state index contributed by atoms with van der Waals surface area (Å²) in [6, 6.07) is 7.96. The van der Waals surface area contributed by atoms with Crippen molar-refractivity contribution >= 4 is 16.9 Å². The first kappa shape index (κ1) is 13.5. The standard InChI is InChI=1S/C15H21NOS/c16-10-4-8-13-7-3-9-15(11-13)18(17)12-14-5-1-2-6-14/h3-4,7-9,11,14H,1-2,5-6,10,12,16H2. The molecular weight excluding hydrogens is 242 g/mol. The third kappa shape index (κ3) is 3.79. The van der Waals surface area contributed by atoms with Gasteiger partial charge in [0.1, 0.15) is 0 Å². The quantitative estimate of drug-likeness (QED) is 0.887. The Morgan fingerprint density at radius 2 is 2.11 bits per heavy atom. The molecule has 1 aliphatic carbocycles. The molecule has 2 rings (SSSR count). The fraction of sp³-hybridized carbons (Fsp3) is 0.467. The molecular formula is C15H21NOS. The second-order valence-corrected chi connectivity index (χ2v) is 6.37. The average Bonchev–Trinajstić information content (AvgIpc) is 2.89. The van der Waals surface area contributed by atoms with E-state index in [9.17, 15) is 4.21 Å². The molecule has 0 saturated heterocycles. The molecule has 0 heterocycles. The van der Waals surface area contributed by atoms with E-state index in [1.54, 1.807) is 0 Å². The third-order valence-electron chi connectivity index (χ3n) is 3.43. The van der Waals surface area contributed by atoms with Gasteiger partial charge in [0.05, 0.1) is 10.8 Å². The Hall–Kier alpha value is -0.930. The van der Waals surface area contributed by atoms with Crippen molar-refractivity contribution in [2.75, 3.05) is 12.3 Å². The molecule has 1 unspecified atom stereocenters. The first-order chi connectivity index (χ1) is 8.79. The van der Waals surface area contributed by atoms with Gasteiger partial charge in [-0.05, 0) is 36.5 Å². The fourth-order valence-electron chi connectivity index (χ4n) is 2.45. The first-order valence-corrected chi connectivity index (χ1v) is 7.96. The maximum absolute atomic E-state index is 12.3. The molecule has 2 nitrogen and oxygen atoms in total. The SMILES string of the molecule is NCC=Cc1cccc(S(=O)CC2CCCC2)c1. The van der Waals surface area contributed by atoms with Gasteiger partial charge < -0.3 is 5.73 Å². The minimum atomic E-state index is -0.854. The van der Waals surface area contributed by atoms with E-state index in [1.807, 2.05) is 36.4 Å². The minimum absolute atomic E-state index is 0.537. The summed E-state index contributed by atoms with van der Waals surface area (Å²) in [7, 11) is -0.854. The summed E-state index contributed by atoms with van der Waals surface area (Å²) in [5, 5.41) is 0. The van der Waals surface area contributed by atoms with Gasteiger partial charge in [0.2, 0.25) is 0 Å². The Labute approximate surface area is 112 Å². The van der Waals surface area contributed by atoms with Gasteiger partial charge in [-0.3, -0.25) is 4.21 Å². The highest BCUT2D eigenvalue weighted by atomic mass is 32.2. The van der Waals surface area contributed by atoms with Gasteiger partial charge in [-0.2, -0.15) is 0 Å². The molecule has 0 spiro atoms. The lowest BCUT2D eigenvalue weighted by molar-refractivity contribution is 0.604. The van der Waals surface area contributed by atoms with Crippen LogP contribution in [-0.4, -0.2) is 16.5 Å². The summed E-state index contributed by atoms with van der Waals surface area (Å²) in [5.74, 6) is 1.48. The van der Waals surface area contributed by atoms with Crippen molar-refractivity contribution in [1.29, 1.82) is 0 Å². The Kier molecular flexibility index (Phi) is 5.14. The molecule has 1 aromatic carbocycles. The van der Waals surface area contributed by atoms with E-state index in [-0.39, 0.29) is 0 Å². The van der Waals surface area contributed by atoms with Crippen LogP contribution in [0.15, 0.2) is 35.2 Å². The number of hydrogen-bond acceptors (Lipinski definition) is 2. The highest BCUT2D eigenvalue weighted by Gasteiger charge is 2.18. The Morgan fingerprint density at radius 3 is 2.83 bits per heavy atom. The zero-order chi connectivity index (χ0) is 12.8. The zero-order valence-electron chi connectivity index (χ0n) is 10.7. The second kappa shape index (κ2) is 6.86. The molecule has 1 atom stereocenters. The maximum Gasteiger partial charge on any atom is 0.0532 e. The van der Waals surface area contributed by atoms with Crippen LogP contribution in [0.1, 0.15) is 31.2 Å². The Balaban J connectivity index is 2.02. The van der Waals surface area contributed by atoms with Gasteiger partial charge in [0.15, 0.2) is 0 Å². The van der Waals surface area contributed by atoms with Crippen LogP contribution in [0.3, 0.4) is 0 Å². The summed E-state index contributed by atoms with van der Waals surface area (Å²) < 4.78 is 12.3. The molecule has 2 N–H and O–H groups in total. The molecule has 1 aliphatic rings. The third-order valence-corrected chi connectivity index (χ3v) is 4.98. The predicted molar refractivity (Wildman–Crippen MR) is 77.8 cm³/mol. The van der Waals surface area contributed by atoms with Crippen LogP contribution >= 0.6 is 0 Å². The lowest BCUT2D eigenvalue weighted by Crippen LogP contribution is -2.07. The van der Waals surface area contributed by atoms with E-state index in [2.05, 4.69) is 0 Å². The fourth-order valence-corrected chi connectivity index (χ4v) is 3.90. The van der Waals surface area contributed by atoms with E-state index in [0.29, 0.717) is 12.5 Å². The Bertz CT molecular complexity index is 436. The normalized spacial score (nSPS) is 18.5. The molecule has 0 aliphatic heterocycles. The number of rotatable bonds is 5. The summed E-state index contributed by atoms with van der Waals surface area (Å²) in [5.41, 5.74) is 6.52. The smallest absolute Gasteiger partial charge is 0.0532 e. The molecule has 0 radical (unpaired) electrons. The highest BCUT2D eigenvalue weighted by molar-refractivity contribution is 7.85. The lowest BCUT2D eigenvalue weighted by Gasteiger charge is -2.09. The van der Waals surface area contributed by atoms with Gasteiger partial charge in [-0.25, -0.2) is 0 Å². The zero-order valence-corrected chi connectivity index (χ0v) is 11.5. The van der Waals surface area contributed by atoms with E-state index in [4.69, 9.17) is 5.73 Å². The second-order valence-electron chi connectivity index (χ2n) is 4.87. The number of hydrogen-bond donors (Lipinski definition) is 1. The van der Waals surface area contributed by atoms with Crippen LogP contribution in [0.2, 0.25) is 0 Å². The van der Waals surface area contributed by atoms with Crippen molar-refractivity contribution < 1.29 is 4.21 Å². The molecule has 3 heteroatoms. The number of nitrogens with two attached hydrogens (primary N) is 1. The summed E-state index contributed by atoms with van der Waals surface area (Å²) in [4.78, 5) is 0.945. The van der Waals surface area contributed by atoms with Crippen LogP contribution in [0.4, 0.5) is 0 Å². The van der Waals surface area contributed by atoms with Gasteiger partial charge in [0.25, 0.3) is 0 Å². The van der Waals surface area contributed by atoms with Crippen LogP contribution < -0.4 is 5.73 Å². The monoisotopic (exact) mass is 263 g/mol. The van der Waals surface area contributed by atoms with Crippen molar-refractivity contribution in [3.05, 3.63) is 35.9 Å². The van der Waals surface area contributed by atoms with Gasteiger partial charge in [0, 0.05) is 17.2 Å². The molecule has 0 aromatic heterocycles. The van der Waals surface area contributed by atoms with Crippen molar-refractivity contribution in [3.8, 4) is 0 Å². The molecule has 1 fully saturated rings. The van der Waals surface area contributed by atoms with E-state index in [0.717, 1.165) is 16.2 Å². The molecule has 18 heavy (non-hydrogen) atoms.